The van der Waals surface area contributed by atoms with Crippen molar-refractivity contribution >= 4 is 0 Å². The minimum absolute atomic E-state index is 0.512. The summed E-state index contributed by atoms with van der Waals surface area (Å²) in [7, 11) is 0. The molecule has 1 unspecified atom stereocenters. The molecule has 1 saturated carbocycles. The van der Waals surface area contributed by atoms with Crippen molar-refractivity contribution in [2.24, 2.45) is 17.3 Å². The van der Waals surface area contributed by atoms with Crippen molar-refractivity contribution in [2.75, 3.05) is 6.54 Å². The van der Waals surface area contributed by atoms with Crippen molar-refractivity contribution < 1.29 is 0 Å². The van der Waals surface area contributed by atoms with Gasteiger partial charge in [0.2, 0.25) is 0 Å². The lowest BCUT2D eigenvalue weighted by Crippen LogP contribution is -2.31. The first-order valence-electron chi connectivity index (χ1n) is 7.82. The van der Waals surface area contributed by atoms with Gasteiger partial charge < -0.3 is 5.32 Å². The Morgan fingerprint density at radius 2 is 1.68 bits per heavy atom. The van der Waals surface area contributed by atoms with Crippen LogP contribution < -0.4 is 5.32 Å². The molecule has 1 aliphatic carbocycles. The standard InChI is InChI=1S/C18H29N/c1-14(2)12-17(16-8-6-5-7-9-16)19-13-18(10-11-18)15(3)4/h5-9,14-15,17,19H,10-13H2,1-4H3. The van der Waals surface area contributed by atoms with Crippen LogP contribution in [0.3, 0.4) is 0 Å². The lowest BCUT2D eigenvalue weighted by molar-refractivity contribution is 0.307. The molecule has 19 heavy (non-hydrogen) atoms. The van der Waals surface area contributed by atoms with E-state index in [2.05, 4.69) is 63.3 Å². The van der Waals surface area contributed by atoms with Crippen LogP contribution in [0, 0.1) is 17.3 Å². The lowest BCUT2D eigenvalue weighted by atomic mass is 9.90. The molecule has 0 radical (unpaired) electrons. The Bertz CT molecular complexity index is 376. The van der Waals surface area contributed by atoms with Gasteiger partial charge in [0.05, 0.1) is 0 Å². The zero-order valence-corrected chi connectivity index (χ0v) is 12.9. The summed E-state index contributed by atoms with van der Waals surface area (Å²) in [4.78, 5) is 0. The molecule has 0 aromatic heterocycles. The van der Waals surface area contributed by atoms with E-state index in [0.717, 1.165) is 11.8 Å². The molecule has 1 fully saturated rings. The van der Waals surface area contributed by atoms with Crippen LogP contribution in [0.4, 0.5) is 0 Å². The first kappa shape index (κ1) is 14.6. The summed E-state index contributed by atoms with van der Waals surface area (Å²) < 4.78 is 0. The molecule has 1 heteroatoms. The van der Waals surface area contributed by atoms with E-state index in [1.54, 1.807) is 0 Å². The van der Waals surface area contributed by atoms with Crippen LogP contribution in [0.15, 0.2) is 30.3 Å². The molecule has 1 aliphatic rings. The van der Waals surface area contributed by atoms with E-state index in [1.165, 1.54) is 31.4 Å². The topological polar surface area (TPSA) is 12.0 Å². The fraction of sp³-hybridized carbons (Fsp3) is 0.667. The van der Waals surface area contributed by atoms with E-state index >= 15 is 0 Å². The minimum Gasteiger partial charge on any atom is -0.309 e. The number of rotatable bonds is 7. The Kier molecular flexibility index (Phi) is 4.67. The monoisotopic (exact) mass is 259 g/mol. The summed E-state index contributed by atoms with van der Waals surface area (Å²) in [6, 6.07) is 11.4. The highest BCUT2D eigenvalue weighted by Crippen LogP contribution is 2.51. The molecule has 2 rings (SSSR count). The van der Waals surface area contributed by atoms with Crippen LogP contribution in [0.5, 0.6) is 0 Å². The zero-order valence-electron chi connectivity index (χ0n) is 12.9. The van der Waals surface area contributed by atoms with E-state index in [9.17, 15) is 0 Å². The second-order valence-electron chi connectivity index (χ2n) is 6.99. The molecule has 106 valence electrons. The molecule has 1 atom stereocenters. The van der Waals surface area contributed by atoms with Crippen LogP contribution >= 0.6 is 0 Å². The SMILES string of the molecule is CC(C)CC(NCC1(C(C)C)CC1)c1ccccc1. The molecule has 1 aromatic carbocycles. The zero-order chi connectivity index (χ0) is 13.9. The number of hydrogen-bond acceptors (Lipinski definition) is 1. The average molecular weight is 259 g/mol. The minimum atomic E-state index is 0.512. The van der Waals surface area contributed by atoms with Gasteiger partial charge in [-0.05, 0) is 42.1 Å². The average Bonchev–Trinajstić information content (AvgIpc) is 3.16. The third-order valence-corrected chi connectivity index (χ3v) is 4.73. The quantitative estimate of drug-likeness (QED) is 0.741. The Labute approximate surface area is 118 Å². The van der Waals surface area contributed by atoms with Crippen LogP contribution in [-0.2, 0) is 0 Å². The first-order valence-corrected chi connectivity index (χ1v) is 7.82. The molecular weight excluding hydrogens is 230 g/mol. The van der Waals surface area contributed by atoms with Crippen molar-refractivity contribution in [3.63, 3.8) is 0 Å². The summed E-state index contributed by atoms with van der Waals surface area (Å²) >= 11 is 0. The van der Waals surface area contributed by atoms with Crippen LogP contribution in [0.2, 0.25) is 0 Å². The highest BCUT2D eigenvalue weighted by atomic mass is 14.9. The fourth-order valence-electron chi connectivity index (χ4n) is 2.94. The van der Waals surface area contributed by atoms with E-state index in [-0.39, 0.29) is 0 Å². The predicted octanol–water partition coefficient (Wildman–Crippen LogP) is 4.80. The van der Waals surface area contributed by atoms with Crippen LogP contribution in [-0.4, -0.2) is 6.54 Å². The van der Waals surface area contributed by atoms with Gasteiger partial charge in [-0.15, -0.1) is 0 Å². The van der Waals surface area contributed by atoms with E-state index in [0.29, 0.717) is 11.5 Å². The molecule has 0 heterocycles. The summed E-state index contributed by atoms with van der Waals surface area (Å²) in [6.07, 6.45) is 4.03. The Morgan fingerprint density at radius 1 is 1.05 bits per heavy atom. The van der Waals surface area contributed by atoms with Gasteiger partial charge in [-0.3, -0.25) is 0 Å². The first-order chi connectivity index (χ1) is 9.03. The van der Waals surface area contributed by atoms with Gasteiger partial charge in [-0.25, -0.2) is 0 Å². The molecule has 0 amide bonds. The maximum atomic E-state index is 3.85. The van der Waals surface area contributed by atoms with Crippen molar-refractivity contribution in [3.8, 4) is 0 Å². The summed E-state index contributed by atoms with van der Waals surface area (Å²) in [5.74, 6) is 1.53. The number of hydrogen-bond donors (Lipinski definition) is 1. The molecule has 1 aromatic rings. The Balaban J connectivity index is 1.99. The smallest absolute Gasteiger partial charge is 0.0322 e. The number of nitrogens with one attached hydrogen (secondary N) is 1. The maximum absolute atomic E-state index is 3.85. The fourth-order valence-corrected chi connectivity index (χ4v) is 2.94. The predicted molar refractivity (Wildman–Crippen MR) is 83.1 cm³/mol. The molecule has 0 aliphatic heterocycles. The molecule has 0 bridgehead atoms. The Morgan fingerprint density at radius 3 is 2.16 bits per heavy atom. The van der Waals surface area contributed by atoms with Gasteiger partial charge in [0.15, 0.2) is 0 Å². The van der Waals surface area contributed by atoms with Gasteiger partial charge in [0.1, 0.15) is 0 Å². The Hall–Kier alpha value is -0.820. The van der Waals surface area contributed by atoms with Gasteiger partial charge in [0.25, 0.3) is 0 Å². The van der Waals surface area contributed by atoms with Crippen molar-refractivity contribution in [2.45, 2.75) is 53.0 Å². The molecule has 1 N–H and O–H groups in total. The van der Waals surface area contributed by atoms with Crippen molar-refractivity contribution in [3.05, 3.63) is 35.9 Å². The van der Waals surface area contributed by atoms with E-state index in [1.807, 2.05) is 0 Å². The van der Waals surface area contributed by atoms with E-state index < -0.39 is 0 Å². The molecule has 0 saturated heterocycles. The maximum Gasteiger partial charge on any atom is 0.0322 e. The highest BCUT2D eigenvalue weighted by molar-refractivity contribution is 5.19. The molecule has 0 spiro atoms. The largest absolute Gasteiger partial charge is 0.309 e. The lowest BCUT2D eigenvalue weighted by Gasteiger charge is -2.26. The van der Waals surface area contributed by atoms with Crippen LogP contribution in [0.1, 0.15) is 58.6 Å². The van der Waals surface area contributed by atoms with Gasteiger partial charge in [-0.2, -0.15) is 0 Å². The summed E-state index contributed by atoms with van der Waals surface area (Å²) in [5.41, 5.74) is 2.03. The van der Waals surface area contributed by atoms with Gasteiger partial charge in [-0.1, -0.05) is 58.0 Å². The molecular formula is C18H29N. The van der Waals surface area contributed by atoms with Crippen LogP contribution in [0.25, 0.3) is 0 Å². The normalized spacial score (nSPS) is 18.8. The van der Waals surface area contributed by atoms with Gasteiger partial charge >= 0.3 is 0 Å². The second kappa shape index (κ2) is 6.09. The second-order valence-corrected chi connectivity index (χ2v) is 6.99. The summed E-state index contributed by atoms with van der Waals surface area (Å²) in [5, 5.41) is 3.85. The molecule has 1 nitrogen and oxygen atoms in total. The van der Waals surface area contributed by atoms with Crippen molar-refractivity contribution in [1.29, 1.82) is 0 Å². The summed E-state index contributed by atoms with van der Waals surface area (Å²) in [6.45, 7) is 10.5. The third kappa shape index (κ3) is 3.82. The number of benzene rings is 1. The highest BCUT2D eigenvalue weighted by Gasteiger charge is 2.45. The van der Waals surface area contributed by atoms with Gasteiger partial charge in [0, 0.05) is 12.6 Å². The van der Waals surface area contributed by atoms with Crippen molar-refractivity contribution in [1.82, 2.24) is 5.32 Å². The third-order valence-electron chi connectivity index (χ3n) is 4.73. The van der Waals surface area contributed by atoms with E-state index in [4.69, 9.17) is 0 Å².